The van der Waals surface area contributed by atoms with E-state index < -0.39 is 17.8 Å². The van der Waals surface area contributed by atoms with Gasteiger partial charge in [-0.3, -0.25) is 19.3 Å². The van der Waals surface area contributed by atoms with Crippen LogP contribution in [0.25, 0.3) is 10.9 Å². The first kappa shape index (κ1) is 15.9. The molecule has 3 rings (SSSR count). The number of carbonyl (C=O) groups is 3. The van der Waals surface area contributed by atoms with Gasteiger partial charge in [-0.25, -0.2) is 0 Å². The van der Waals surface area contributed by atoms with Crippen molar-refractivity contribution in [3.05, 3.63) is 23.4 Å². The number of H-pyrrole nitrogens is 1. The number of nitrogens with zero attached hydrogens (tertiary/aromatic N) is 1. The molecule has 0 fully saturated rings. The molecule has 0 bridgehead atoms. The predicted octanol–water partition coefficient (Wildman–Crippen LogP) is 1.34. The molecule has 0 radical (unpaired) electrons. The van der Waals surface area contributed by atoms with Gasteiger partial charge in [-0.1, -0.05) is 0 Å². The van der Waals surface area contributed by atoms with E-state index in [1.165, 1.54) is 21.3 Å². The van der Waals surface area contributed by atoms with E-state index in [0.29, 0.717) is 22.4 Å². The van der Waals surface area contributed by atoms with E-state index in [9.17, 15) is 14.4 Å². The summed E-state index contributed by atoms with van der Waals surface area (Å²) in [7, 11) is 4.25. The first-order valence-electron chi connectivity index (χ1n) is 7.22. The number of methoxy groups -OCH3 is 3. The highest BCUT2D eigenvalue weighted by molar-refractivity contribution is 6.26. The van der Waals surface area contributed by atoms with Crippen LogP contribution in [0.1, 0.15) is 27.3 Å². The molecular formula is C16H16N2O6. The Morgan fingerprint density at radius 3 is 2.38 bits per heavy atom. The summed E-state index contributed by atoms with van der Waals surface area (Å²) in [5.74, 6) is -0.444. The smallest absolute Gasteiger partial charge is 0.307 e. The molecule has 1 N–H and O–H groups in total. The third kappa shape index (κ3) is 2.27. The second-order valence-electron chi connectivity index (χ2n) is 5.22. The summed E-state index contributed by atoms with van der Waals surface area (Å²) in [6, 6.07) is 3.32. The van der Waals surface area contributed by atoms with Crippen molar-refractivity contribution < 1.29 is 28.6 Å². The van der Waals surface area contributed by atoms with Gasteiger partial charge in [0.05, 0.1) is 38.8 Å². The van der Waals surface area contributed by atoms with Gasteiger partial charge in [0.15, 0.2) is 11.5 Å². The Labute approximate surface area is 137 Å². The van der Waals surface area contributed by atoms with Crippen LogP contribution in [0.4, 0.5) is 0 Å². The number of hydrogen-bond donors (Lipinski definition) is 1. The highest BCUT2D eigenvalue weighted by atomic mass is 16.5. The maximum absolute atomic E-state index is 12.6. The molecule has 1 aromatic heterocycles. The molecule has 2 aromatic rings. The number of imide groups is 1. The van der Waals surface area contributed by atoms with Crippen LogP contribution in [0.5, 0.6) is 11.5 Å². The molecule has 0 spiro atoms. The van der Waals surface area contributed by atoms with Gasteiger partial charge in [0, 0.05) is 18.0 Å². The third-order valence-electron chi connectivity index (χ3n) is 3.99. The minimum atomic E-state index is -0.484. The Balaban J connectivity index is 2.01. The second kappa shape index (κ2) is 5.88. The molecule has 1 aliphatic heterocycles. The molecule has 2 amide bonds. The van der Waals surface area contributed by atoms with Crippen molar-refractivity contribution >= 4 is 28.7 Å². The third-order valence-corrected chi connectivity index (χ3v) is 3.99. The van der Waals surface area contributed by atoms with Crippen LogP contribution in [-0.4, -0.2) is 55.5 Å². The fraction of sp³-hybridized carbons (Fsp3) is 0.312. The molecule has 0 aliphatic carbocycles. The standard InChI is InChI=1S/C16H16N2O6/c1-22-10-6-8-9(7-11(10)23-2)17-14-13(8)15(20)18(16(14)21)5-4-12(19)24-3/h6-7,17H,4-5H2,1-3H3. The van der Waals surface area contributed by atoms with Crippen LogP contribution >= 0.6 is 0 Å². The molecule has 24 heavy (non-hydrogen) atoms. The number of aromatic nitrogens is 1. The molecule has 8 heteroatoms. The SMILES string of the molecule is COC(=O)CCN1C(=O)c2[nH]c3cc(OC)c(OC)cc3c2C1=O. The maximum Gasteiger partial charge on any atom is 0.307 e. The number of aromatic amines is 1. The Morgan fingerprint density at radius 1 is 1.08 bits per heavy atom. The van der Waals surface area contributed by atoms with Crippen molar-refractivity contribution in [2.75, 3.05) is 27.9 Å². The fourth-order valence-corrected chi connectivity index (χ4v) is 2.77. The zero-order chi connectivity index (χ0) is 17.4. The molecular weight excluding hydrogens is 316 g/mol. The number of carbonyl (C=O) groups excluding carboxylic acids is 3. The second-order valence-corrected chi connectivity index (χ2v) is 5.22. The highest BCUT2D eigenvalue weighted by Gasteiger charge is 2.39. The van der Waals surface area contributed by atoms with Crippen LogP contribution in [0.2, 0.25) is 0 Å². The van der Waals surface area contributed by atoms with Crippen LogP contribution in [-0.2, 0) is 9.53 Å². The quantitative estimate of drug-likeness (QED) is 0.655. The van der Waals surface area contributed by atoms with Gasteiger partial charge < -0.3 is 19.2 Å². The average Bonchev–Trinajstić information content (AvgIpc) is 3.07. The monoisotopic (exact) mass is 332 g/mol. The maximum atomic E-state index is 12.6. The number of rotatable bonds is 5. The molecule has 0 unspecified atom stereocenters. The highest BCUT2D eigenvalue weighted by Crippen LogP contribution is 2.37. The van der Waals surface area contributed by atoms with Gasteiger partial charge in [0.1, 0.15) is 5.69 Å². The molecule has 0 saturated heterocycles. The lowest BCUT2D eigenvalue weighted by molar-refractivity contribution is -0.140. The number of esters is 1. The molecule has 8 nitrogen and oxygen atoms in total. The molecule has 1 aromatic carbocycles. The van der Waals surface area contributed by atoms with Gasteiger partial charge in [-0.2, -0.15) is 0 Å². The predicted molar refractivity (Wildman–Crippen MR) is 83.4 cm³/mol. The van der Waals surface area contributed by atoms with Crippen molar-refractivity contribution in [3.8, 4) is 11.5 Å². The van der Waals surface area contributed by atoms with Crippen molar-refractivity contribution in [3.63, 3.8) is 0 Å². The van der Waals surface area contributed by atoms with Gasteiger partial charge in [0.25, 0.3) is 11.8 Å². The van der Waals surface area contributed by atoms with Crippen molar-refractivity contribution in [2.45, 2.75) is 6.42 Å². The first-order valence-corrected chi connectivity index (χ1v) is 7.22. The molecule has 126 valence electrons. The summed E-state index contributed by atoms with van der Waals surface area (Å²) in [4.78, 5) is 40.3. The van der Waals surface area contributed by atoms with Crippen LogP contribution in [0.15, 0.2) is 12.1 Å². The number of fused-ring (bicyclic) bond motifs is 3. The molecule has 1 aliphatic rings. The van der Waals surface area contributed by atoms with Crippen molar-refractivity contribution in [2.24, 2.45) is 0 Å². The Bertz CT molecular complexity index is 854. The van der Waals surface area contributed by atoms with Gasteiger partial charge >= 0.3 is 5.97 Å². The molecule has 0 atom stereocenters. The molecule has 2 heterocycles. The minimum Gasteiger partial charge on any atom is -0.493 e. The van der Waals surface area contributed by atoms with Gasteiger partial charge in [-0.05, 0) is 6.07 Å². The average molecular weight is 332 g/mol. The zero-order valence-corrected chi connectivity index (χ0v) is 13.5. The Kier molecular flexibility index (Phi) is 3.88. The number of ether oxygens (including phenoxy) is 3. The van der Waals surface area contributed by atoms with E-state index in [1.807, 2.05) is 0 Å². The summed E-state index contributed by atoms with van der Waals surface area (Å²) in [5.41, 5.74) is 1.09. The normalized spacial score (nSPS) is 13.4. The van der Waals surface area contributed by atoms with E-state index in [0.717, 1.165) is 4.90 Å². The van der Waals surface area contributed by atoms with E-state index >= 15 is 0 Å². The van der Waals surface area contributed by atoms with E-state index in [-0.39, 0.29) is 24.2 Å². The van der Waals surface area contributed by atoms with E-state index in [2.05, 4.69) is 9.72 Å². The van der Waals surface area contributed by atoms with Gasteiger partial charge in [0.2, 0.25) is 0 Å². The zero-order valence-electron chi connectivity index (χ0n) is 13.5. The Morgan fingerprint density at radius 2 is 1.75 bits per heavy atom. The summed E-state index contributed by atoms with van der Waals surface area (Å²) < 4.78 is 15.0. The minimum absolute atomic E-state index is 0.0261. The van der Waals surface area contributed by atoms with E-state index in [1.54, 1.807) is 12.1 Å². The van der Waals surface area contributed by atoms with Crippen LogP contribution in [0.3, 0.4) is 0 Å². The molecule has 0 saturated carbocycles. The van der Waals surface area contributed by atoms with Gasteiger partial charge in [-0.15, -0.1) is 0 Å². The lowest BCUT2D eigenvalue weighted by Crippen LogP contribution is -2.32. The summed E-state index contributed by atoms with van der Waals surface area (Å²) in [6.45, 7) is -0.0261. The number of amides is 2. The number of benzene rings is 1. The Hall–Kier alpha value is -3.03. The summed E-state index contributed by atoms with van der Waals surface area (Å²) in [5, 5.41) is 0.571. The van der Waals surface area contributed by atoms with Crippen LogP contribution < -0.4 is 9.47 Å². The van der Waals surface area contributed by atoms with Crippen molar-refractivity contribution in [1.29, 1.82) is 0 Å². The van der Waals surface area contributed by atoms with Crippen LogP contribution in [0, 0.1) is 0 Å². The largest absolute Gasteiger partial charge is 0.493 e. The number of hydrogen-bond acceptors (Lipinski definition) is 6. The first-order chi connectivity index (χ1) is 11.5. The van der Waals surface area contributed by atoms with Crippen molar-refractivity contribution in [1.82, 2.24) is 9.88 Å². The fourth-order valence-electron chi connectivity index (χ4n) is 2.77. The number of nitrogens with one attached hydrogen (secondary N) is 1. The topological polar surface area (TPSA) is 97.9 Å². The van der Waals surface area contributed by atoms with E-state index in [4.69, 9.17) is 9.47 Å². The lowest BCUT2D eigenvalue weighted by Gasteiger charge is -2.13. The lowest BCUT2D eigenvalue weighted by atomic mass is 10.1. The summed E-state index contributed by atoms with van der Waals surface area (Å²) in [6.07, 6.45) is -0.0483. The summed E-state index contributed by atoms with van der Waals surface area (Å²) >= 11 is 0.